The molecule has 0 saturated heterocycles. The Morgan fingerprint density at radius 1 is 1.16 bits per heavy atom. The lowest BCUT2D eigenvalue weighted by molar-refractivity contribution is -0.137. The number of alkyl halides is 3. The monoisotopic (exact) mass is 576 g/mol. The Morgan fingerprint density at radius 3 is 2.57 bits per heavy atom. The molecule has 37 heavy (non-hydrogen) atoms. The first kappa shape index (κ1) is 27.6. The molecule has 3 atom stereocenters. The number of anilines is 2. The van der Waals surface area contributed by atoms with Crippen LogP contribution in [0, 0.1) is 5.82 Å². The van der Waals surface area contributed by atoms with Crippen LogP contribution in [0.1, 0.15) is 36.3 Å². The molecule has 2 N–H and O–H groups in total. The summed E-state index contributed by atoms with van der Waals surface area (Å²) in [5.41, 5.74) is 0.0947. The van der Waals surface area contributed by atoms with Crippen LogP contribution in [0.2, 0.25) is 5.02 Å². The van der Waals surface area contributed by atoms with Crippen LogP contribution in [0.5, 0.6) is 0 Å². The molecule has 1 aliphatic rings. The Kier molecular flexibility index (Phi) is 8.03. The highest BCUT2D eigenvalue weighted by molar-refractivity contribution is 7.93. The van der Waals surface area contributed by atoms with Crippen molar-refractivity contribution < 1.29 is 26.0 Å². The summed E-state index contributed by atoms with van der Waals surface area (Å²) in [7, 11) is -0.471. The number of likely N-dealkylation sites (N-methyl/N-ethyl adjacent to an activating group) is 1. The number of hydrogen-bond acceptors (Lipinski definition) is 6. The van der Waals surface area contributed by atoms with Gasteiger partial charge >= 0.3 is 6.18 Å². The number of rotatable bonds is 7. The van der Waals surface area contributed by atoms with Crippen LogP contribution in [-0.2, 0) is 16.2 Å². The van der Waals surface area contributed by atoms with Crippen molar-refractivity contribution in [2.24, 2.45) is 0 Å². The van der Waals surface area contributed by atoms with Gasteiger partial charge in [-0.3, -0.25) is 4.72 Å². The molecular formula is C24H25ClF4N4O2S2. The first-order valence-electron chi connectivity index (χ1n) is 11.4. The van der Waals surface area contributed by atoms with E-state index in [9.17, 15) is 21.6 Å². The molecular weight excluding hydrogens is 552 g/mol. The van der Waals surface area contributed by atoms with E-state index in [0.717, 1.165) is 29.5 Å². The molecule has 0 aliphatic heterocycles. The minimum atomic E-state index is -4.43. The third-order valence-corrected chi connectivity index (χ3v) is 8.95. The van der Waals surface area contributed by atoms with Crippen LogP contribution in [-0.4, -0.2) is 44.5 Å². The number of halogens is 5. The number of benzene rings is 2. The summed E-state index contributed by atoms with van der Waals surface area (Å²) in [5.74, 6) is -1.15. The lowest BCUT2D eigenvalue weighted by Gasteiger charge is -2.41. The van der Waals surface area contributed by atoms with E-state index in [4.69, 9.17) is 11.6 Å². The summed E-state index contributed by atoms with van der Waals surface area (Å²) >= 11 is 7.44. The van der Waals surface area contributed by atoms with E-state index < -0.39 is 32.5 Å². The molecule has 0 spiro atoms. The standard InChI is InChI=1S/C24H25ClF4N4O2S2/c1-33(2)21-7-6-15(14-4-3-5-16(10-14)24(27,28)29)11-20(21)31-19-13-18(26)22(12-17(19)25)37(34,35)32-23-30-8-9-36-23/h3-5,8-10,12-13,15,20-21,31H,6-7,11H2,1-2H3,(H,30,32). The predicted octanol–water partition coefficient (Wildman–Crippen LogP) is 6.43. The zero-order chi connectivity index (χ0) is 27.0. The zero-order valence-electron chi connectivity index (χ0n) is 19.9. The molecule has 1 aromatic heterocycles. The van der Waals surface area contributed by atoms with Crippen molar-refractivity contribution in [3.05, 3.63) is 69.9 Å². The number of aromatic nitrogens is 1. The summed E-state index contributed by atoms with van der Waals surface area (Å²) in [4.78, 5) is 5.23. The number of nitrogens with one attached hydrogen (secondary N) is 2. The van der Waals surface area contributed by atoms with Crippen molar-refractivity contribution in [2.75, 3.05) is 24.1 Å². The molecule has 1 aliphatic carbocycles. The average Bonchev–Trinajstić information content (AvgIpc) is 3.32. The van der Waals surface area contributed by atoms with E-state index in [1.54, 1.807) is 11.4 Å². The second kappa shape index (κ2) is 10.8. The van der Waals surface area contributed by atoms with Crippen LogP contribution >= 0.6 is 22.9 Å². The number of thiazole rings is 1. The summed E-state index contributed by atoms with van der Waals surface area (Å²) in [6.07, 6.45) is -1.17. The van der Waals surface area contributed by atoms with Crippen LogP contribution < -0.4 is 10.0 Å². The fourth-order valence-corrected chi connectivity index (χ4v) is 6.85. The minimum absolute atomic E-state index is 0.000359. The largest absolute Gasteiger partial charge is 0.416 e. The zero-order valence-corrected chi connectivity index (χ0v) is 22.3. The first-order valence-corrected chi connectivity index (χ1v) is 14.1. The highest BCUT2D eigenvalue weighted by Gasteiger charge is 2.35. The summed E-state index contributed by atoms with van der Waals surface area (Å²) in [5, 5.41) is 4.90. The summed E-state index contributed by atoms with van der Waals surface area (Å²) in [6, 6.07) is 7.10. The van der Waals surface area contributed by atoms with Crippen molar-refractivity contribution in [1.82, 2.24) is 9.88 Å². The van der Waals surface area contributed by atoms with E-state index in [1.807, 2.05) is 19.0 Å². The van der Waals surface area contributed by atoms with Crippen molar-refractivity contribution in [2.45, 2.75) is 48.3 Å². The van der Waals surface area contributed by atoms with Crippen LogP contribution in [0.25, 0.3) is 0 Å². The highest BCUT2D eigenvalue weighted by atomic mass is 35.5. The number of hydrogen-bond donors (Lipinski definition) is 2. The topological polar surface area (TPSA) is 74.3 Å². The Balaban J connectivity index is 1.59. The van der Waals surface area contributed by atoms with Gasteiger partial charge in [-0.2, -0.15) is 13.2 Å². The maximum Gasteiger partial charge on any atom is 0.416 e. The molecule has 0 bridgehead atoms. The third kappa shape index (κ3) is 6.36. The summed E-state index contributed by atoms with van der Waals surface area (Å²) < 4.78 is 82.3. The molecule has 0 radical (unpaired) electrons. The number of sulfonamides is 1. The van der Waals surface area contributed by atoms with Gasteiger partial charge in [0.05, 0.1) is 16.3 Å². The first-order chi connectivity index (χ1) is 17.3. The molecule has 6 nitrogen and oxygen atoms in total. The van der Waals surface area contributed by atoms with Gasteiger partial charge in [0.25, 0.3) is 10.0 Å². The van der Waals surface area contributed by atoms with Crippen LogP contribution in [0.4, 0.5) is 28.4 Å². The number of nitrogens with zero attached hydrogens (tertiary/aromatic N) is 2. The van der Waals surface area contributed by atoms with E-state index in [0.29, 0.717) is 24.8 Å². The second-order valence-corrected chi connectivity index (χ2v) is 12.1. The highest BCUT2D eigenvalue weighted by Crippen LogP contribution is 2.39. The Hall–Kier alpha value is -2.41. The van der Waals surface area contributed by atoms with Gasteiger partial charge in [-0.1, -0.05) is 29.8 Å². The lowest BCUT2D eigenvalue weighted by Crippen LogP contribution is -2.47. The fourth-order valence-electron chi connectivity index (χ4n) is 4.69. The Morgan fingerprint density at radius 2 is 1.92 bits per heavy atom. The fraction of sp³-hybridized carbons (Fsp3) is 0.375. The molecule has 0 amide bonds. The third-order valence-electron chi connectivity index (χ3n) is 6.47. The van der Waals surface area contributed by atoms with Crippen molar-refractivity contribution in [3.63, 3.8) is 0 Å². The van der Waals surface area contributed by atoms with Gasteiger partial charge in [-0.05, 0) is 63.0 Å². The quantitative estimate of drug-likeness (QED) is 0.317. The molecule has 3 unspecified atom stereocenters. The molecule has 2 aromatic carbocycles. The maximum atomic E-state index is 15.0. The van der Waals surface area contributed by atoms with E-state index >= 15 is 4.39 Å². The molecule has 200 valence electrons. The van der Waals surface area contributed by atoms with Gasteiger partial charge in [-0.25, -0.2) is 17.8 Å². The molecule has 4 rings (SSSR count). The van der Waals surface area contributed by atoms with Crippen molar-refractivity contribution in [1.29, 1.82) is 0 Å². The maximum absolute atomic E-state index is 15.0. The van der Waals surface area contributed by atoms with Gasteiger partial charge in [0.15, 0.2) is 5.13 Å². The van der Waals surface area contributed by atoms with Gasteiger partial charge in [-0.15, -0.1) is 11.3 Å². The molecule has 1 saturated carbocycles. The predicted molar refractivity (Wildman–Crippen MR) is 137 cm³/mol. The smallest absolute Gasteiger partial charge is 0.379 e. The van der Waals surface area contributed by atoms with Crippen molar-refractivity contribution >= 4 is 43.8 Å². The van der Waals surface area contributed by atoms with Gasteiger partial charge in [0.1, 0.15) is 10.7 Å². The van der Waals surface area contributed by atoms with E-state index in [-0.39, 0.29) is 33.8 Å². The van der Waals surface area contributed by atoms with E-state index in [2.05, 4.69) is 15.0 Å². The van der Waals surface area contributed by atoms with Crippen LogP contribution in [0.3, 0.4) is 0 Å². The SMILES string of the molecule is CN(C)C1CCC(c2cccc(C(F)(F)F)c2)CC1Nc1cc(F)c(S(=O)(=O)Nc2nccs2)cc1Cl. The second-order valence-electron chi connectivity index (χ2n) is 9.12. The van der Waals surface area contributed by atoms with Crippen molar-refractivity contribution in [3.8, 4) is 0 Å². The van der Waals surface area contributed by atoms with Gasteiger partial charge in [0, 0.05) is 23.7 Å². The normalized spacial score (nSPS) is 20.7. The van der Waals surface area contributed by atoms with Crippen LogP contribution in [0.15, 0.2) is 52.9 Å². The lowest BCUT2D eigenvalue weighted by atomic mass is 9.78. The molecule has 13 heteroatoms. The Labute approximate surface area is 221 Å². The Bertz CT molecular complexity index is 1350. The van der Waals surface area contributed by atoms with E-state index in [1.165, 1.54) is 18.3 Å². The molecule has 1 fully saturated rings. The van der Waals surface area contributed by atoms with Gasteiger partial charge in [0.2, 0.25) is 0 Å². The summed E-state index contributed by atoms with van der Waals surface area (Å²) in [6.45, 7) is 0. The average molecular weight is 577 g/mol. The van der Waals surface area contributed by atoms with Gasteiger partial charge < -0.3 is 10.2 Å². The minimum Gasteiger partial charge on any atom is -0.379 e. The molecule has 1 heterocycles. The molecule has 3 aromatic rings.